The van der Waals surface area contributed by atoms with E-state index in [0.717, 1.165) is 6.42 Å². The maximum atomic E-state index is 15.3. The van der Waals surface area contributed by atoms with Gasteiger partial charge in [-0.25, -0.2) is 9.38 Å². The molecule has 0 aromatic heterocycles. The number of likely N-dealkylation sites (tertiary alicyclic amines) is 1. The van der Waals surface area contributed by atoms with Crippen molar-refractivity contribution in [1.29, 1.82) is 0 Å². The molecule has 8 nitrogen and oxygen atoms in total. The van der Waals surface area contributed by atoms with Gasteiger partial charge in [-0.1, -0.05) is 30.0 Å². The van der Waals surface area contributed by atoms with Crippen LogP contribution in [0.25, 0.3) is 0 Å². The highest BCUT2D eigenvalue weighted by molar-refractivity contribution is 8.16. The molecule has 0 saturated carbocycles. The normalized spacial score (nSPS) is 21.1. The molecule has 3 heterocycles. The van der Waals surface area contributed by atoms with E-state index < -0.39 is 11.9 Å². The van der Waals surface area contributed by atoms with Gasteiger partial charge in [0, 0.05) is 37.4 Å². The lowest BCUT2D eigenvalue weighted by Crippen LogP contribution is -2.44. The number of halogens is 1. The highest BCUT2D eigenvalue weighted by Gasteiger charge is 2.43. The van der Waals surface area contributed by atoms with E-state index in [1.807, 2.05) is 24.2 Å². The molecule has 1 fully saturated rings. The molecule has 3 aliphatic heterocycles. The lowest BCUT2D eigenvalue weighted by atomic mass is 9.92. The van der Waals surface area contributed by atoms with Crippen LogP contribution < -0.4 is 0 Å². The second-order valence-corrected chi connectivity index (χ2v) is 10.3. The van der Waals surface area contributed by atoms with E-state index in [1.54, 1.807) is 41.8 Å². The molecule has 0 aliphatic carbocycles. The number of thioether (sulfide) groups is 1. The van der Waals surface area contributed by atoms with Gasteiger partial charge in [0.2, 0.25) is 5.91 Å². The first-order valence-electron chi connectivity index (χ1n) is 13.2. The smallest absolute Gasteiger partial charge is 0.310 e. The molecule has 204 valence electrons. The number of esters is 1. The molecule has 2 amide bonds. The molecule has 0 spiro atoms. The van der Waals surface area contributed by atoms with Gasteiger partial charge in [-0.2, -0.15) is 0 Å². The Kier molecular flexibility index (Phi) is 8.91. The number of ether oxygens (including phenoxy) is 1. The van der Waals surface area contributed by atoms with Crippen molar-refractivity contribution in [3.8, 4) is 0 Å². The maximum Gasteiger partial charge on any atom is 0.310 e. The van der Waals surface area contributed by atoms with E-state index in [-0.39, 0.29) is 30.1 Å². The van der Waals surface area contributed by atoms with Crippen molar-refractivity contribution in [3.63, 3.8) is 0 Å². The van der Waals surface area contributed by atoms with Crippen LogP contribution in [0.15, 0.2) is 51.6 Å². The van der Waals surface area contributed by atoms with Crippen LogP contribution in [0.5, 0.6) is 0 Å². The predicted octanol–water partition coefficient (Wildman–Crippen LogP) is 4.46. The second kappa shape index (κ2) is 12.1. The first kappa shape index (κ1) is 27.9. The van der Waals surface area contributed by atoms with Gasteiger partial charge >= 0.3 is 5.97 Å². The number of aliphatic imine (C=N–C) groups is 1. The highest BCUT2D eigenvalue weighted by atomic mass is 32.2. The highest BCUT2D eigenvalue weighted by Crippen LogP contribution is 2.45. The molecular formula is C28H35FN4O4S. The minimum Gasteiger partial charge on any atom is -0.466 e. The molecule has 0 radical (unpaired) electrons. The number of fused-ring (bicyclic) bond motifs is 1. The van der Waals surface area contributed by atoms with Crippen LogP contribution in [-0.2, 0) is 19.1 Å². The number of piperidine rings is 1. The van der Waals surface area contributed by atoms with Gasteiger partial charge in [0.1, 0.15) is 5.82 Å². The first-order valence-corrected chi connectivity index (χ1v) is 14.1. The number of carbonyl (C=O) groups excluding carboxylic acids is 3. The summed E-state index contributed by atoms with van der Waals surface area (Å²) in [4.78, 5) is 49.4. The molecule has 2 atom stereocenters. The zero-order valence-corrected chi connectivity index (χ0v) is 23.2. The fourth-order valence-corrected chi connectivity index (χ4v) is 6.20. The van der Waals surface area contributed by atoms with Crippen LogP contribution in [0, 0.1) is 11.7 Å². The molecule has 1 saturated heterocycles. The van der Waals surface area contributed by atoms with E-state index >= 15 is 4.39 Å². The van der Waals surface area contributed by atoms with Crippen LogP contribution >= 0.6 is 11.8 Å². The third-order valence-electron chi connectivity index (χ3n) is 7.21. The average molecular weight is 543 g/mol. The summed E-state index contributed by atoms with van der Waals surface area (Å²) in [7, 11) is 0. The van der Waals surface area contributed by atoms with Crippen molar-refractivity contribution in [2.24, 2.45) is 10.9 Å². The molecular weight excluding hydrogens is 507 g/mol. The summed E-state index contributed by atoms with van der Waals surface area (Å²) in [6, 6.07) is 5.69. The van der Waals surface area contributed by atoms with Gasteiger partial charge in [0.05, 0.1) is 36.3 Å². The minimum absolute atomic E-state index is 0.0539. The van der Waals surface area contributed by atoms with Crippen molar-refractivity contribution >= 4 is 34.7 Å². The van der Waals surface area contributed by atoms with Crippen molar-refractivity contribution in [1.82, 2.24) is 14.7 Å². The molecule has 0 unspecified atom stereocenters. The van der Waals surface area contributed by atoms with Crippen LogP contribution in [0.3, 0.4) is 0 Å². The molecule has 0 N–H and O–H groups in total. The third kappa shape index (κ3) is 5.50. The zero-order valence-electron chi connectivity index (χ0n) is 22.4. The lowest BCUT2D eigenvalue weighted by molar-refractivity contribution is -0.151. The second-order valence-electron chi connectivity index (χ2n) is 9.50. The first-order chi connectivity index (χ1) is 18.3. The molecule has 1 aromatic rings. The number of allylic oxidation sites excluding steroid dienone is 1. The average Bonchev–Trinajstić information content (AvgIpc) is 3.30. The van der Waals surface area contributed by atoms with Crippen molar-refractivity contribution in [2.45, 2.75) is 53.0 Å². The largest absolute Gasteiger partial charge is 0.466 e. The van der Waals surface area contributed by atoms with Crippen molar-refractivity contribution in [3.05, 3.63) is 58.0 Å². The number of nitrogens with zero attached hydrogens (tertiary/aromatic N) is 4. The van der Waals surface area contributed by atoms with Gasteiger partial charge < -0.3 is 19.4 Å². The summed E-state index contributed by atoms with van der Waals surface area (Å²) in [5, 5.41) is 2.47. The van der Waals surface area contributed by atoms with Crippen molar-refractivity contribution in [2.75, 3.05) is 32.8 Å². The molecule has 38 heavy (non-hydrogen) atoms. The van der Waals surface area contributed by atoms with Crippen LogP contribution in [0.4, 0.5) is 4.39 Å². The Morgan fingerprint density at radius 3 is 2.61 bits per heavy atom. The molecule has 4 rings (SSSR count). The van der Waals surface area contributed by atoms with E-state index in [4.69, 9.17) is 9.73 Å². The Labute approximate surface area is 227 Å². The van der Waals surface area contributed by atoms with Gasteiger partial charge in [-0.3, -0.25) is 14.4 Å². The van der Waals surface area contributed by atoms with E-state index in [9.17, 15) is 14.4 Å². The van der Waals surface area contributed by atoms with Crippen LogP contribution in [-0.4, -0.2) is 70.4 Å². The Hall–Kier alpha value is -3.14. The van der Waals surface area contributed by atoms with Crippen LogP contribution in [0.2, 0.25) is 0 Å². The Balaban J connectivity index is 1.64. The lowest BCUT2D eigenvalue weighted by Gasteiger charge is -2.38. The Morgan fingerprint density at radius 2 is 1.92 bits per heavy atom. The third-order valence-corrected chi connectivity index (χ3v) is 8.10. The zero-order chi connectivity index (χ0) is 27.4. The van der Waals surface area contributed by atoms with Crippen LogP contribution in [0.1, 0.15) is 58.6 Å². The predicted molar refractivity (Wildman–Crippen MR) is 145 cm³/mol. The topological polar surface area (TPSA) is 82.5 Å². The Bertz CT molecular complexity index is 1190. The molecule has 1 aromatic carbocycles. The van der Waals surface area contributed by atoms with Gasteiger partial charge in [0.25, 0.3) is 5.91 Å². The number of hydrogen-bond acceptors (Lipinski definition) is 7. The van der Waals surface area contributed by atoms with E-state index in [1.165, 1.54) is 17.8 Å². The Morgan fingerprint density at radius 1 is 1.18 bits per heavy atom. The standard InChI is InChI=1S/C28H35FN4O4S/c1-5-31(6-2)26(35)24-18(4)30-28-33(25(24)21-12-8-9-13-22(21)29)20(17-38-28)15-23(34)32-14-10-11-19(16-32)27(36)37-7-3/h8-9,12-13,17,19,25H,5-7,10-11,14-16H2,1-4H3/t19-,25+/m0/s1. The summed E-state index contributed by atoms with van der Waals surface area (Å²) < 4.78 is 20.4. The number of hydrogen-bond donors (Lipinski definition) is 0. The quantitative estimate of drug-likeness (QED) is 0.451. The fraction of sp³-hybridized carbons (Fsp3) is 0.500. The molecule has 10 heteroatoms. The fourth-order valence-electron chi connectivity index (χ4n) is 5.24. The van der Waals surface area contributed by atoms with E-state index in [0.29, 0.717) is 66.9 Å². The van der Waals surface area contributed by atoms with Gasteiger partial charge in [-0.05, 0) is 52.0 Å². The minimum atomic E-state index is -0.750. The van der Waals surface area contributed by atoms with Gasteiger partial charge in [-0.15, -0.1) is 0 Å². The summed E-state index contributed by atoms with van der Waals surface area (Å²) in [5.74, 6) is -1.35. The monoisotopic (exact) mass is 542 g/mol. The summed E-state index contributed by atoms with van der Waals surface area (Å²) in [6.07, 6.45) is 1.47. The van der Waals surface area contributed by atoms with Crippen molar-refractivity contribution < 1.29 is 23.5 Å². The number of amidine groups is 1. The number of benzene rings is 1. The molecule has 3 aliphatic rings. The number of rotatable bonds is 8. The number of carbonyl (C=O) groups is 3. The maximum absolute atomic E-state index is 15.3. The molecule has 0 bridgehead atoms. The van der Waals surface area contributed by atoms with Gasteiger partial charge in [0.15, 0.2) is 5.17 Å². The summed E-state index contributed by atoms with van der Waals surface area (Å²) in [5.41, 5.74) is 1.96. The SMILES string of the molecule is CCOC(=O)[C@H]1CCCN(C(=O)CC2=CSC3=NC(C)=C(C(=O)N(CC)CC)[C@@H](c4ccccc4F)N23)C1. The summed E-state index contributed by atoms with van der Waals surface area (Å²) in [6.45, 7) is 9.59. The summed E-state index contributed by atoms with van der Waals surface area (Å²) >= 11 is 1.36. The number of amides is 2. The van der Waals surface area contributed by atoms with E-state index in [2.05, 4.69) is 0 Å². The number of likely N-dealkylation sites (N-methyl/N-ethyl adjacent to an activating group) is 1.